The van der Waals surface area contributed by atoms with Crippen LogP contribution in [0.1, 0.15) is 0 Å². The van der Waals surface area contributed by atoms with Crippen molar-refractivity contribution in [2.75, 3.05) is 72.7 Å². The van der Waals surface area contributed by atoms with E-state index in [9.17, 15) is 169 Å². The molecule has 33 aliphatic rings. The van der Waals surface area contributed by atoms with Crippen LogP contribution in [0, 0.1) is 0 Å². The van der Waals surface area contributed by atoms with Gasteiger partial charge in [0.05, 0.1) is 72.7 Å². The fourth-order valence-corrected chi connectivity index (χ4v) is 16.3. The van der Waals surface area contributed by atoms with Crippen LogP contribution >= 0.6 is 0 Å². The Balaban J connectivity index is 0.801. The molecule has 0 spiro atoms. The minimum atomic E-state index is -2.51. The second-order valence-electron chi connectivity index (χ2n) is 30.9. The molecule has 16 bridgehead atoms. The fourth-order valence-electron chi connectivity index (χ4n) is 16.3. The van der Waals surface area contributed by atoms with E-state index < -0.39 is 410 Å². The van der Waals surface area contributed by atoms with Crippen molar-refractivity contribution in [3.05, 3.63) is 0 Å². The van der Waals surface area contributed by atoms with Gasteiger partial charge in [0.2, 0.25) is 0 Å². The predicted molar refractivity (Wildman–Crippen MR) is 359 cm³/mol. The van der Waals surface area contributed by atoms with Crippen molar-refractivity contribution in [1.82, 2.24) is 0 Å². The SMILES string of the molecule is OC[C@H]1O[C@@H](O[C@@H]2[C@H](O)[C@@H](O)[C@H](O[C@H]3[C@H](O)[C@@H](O)[C@H](OC[C@H]4O[C@@H]5O[C@H]6[C@H](O)[C@@H](O)[C@@H](O[C@H]7[C@H](O)[C@@H](O)[C@@H](O[C@H]8[C@H](O)[C@@H](O)[C@@H](O[C@H]9[C@H](O)[C@@H](O)[C@@H](O[C@H]%10[C@H](O)[C@@H](O)[C@@H](O[C@H]%11[C@H](O)[C@@H](O)[C@@H](O[C@H]%12[C@H](O)[C@@H](O)[C@@H](O[C@H]4[C@H](O)[C@H]5O)O[C@@H]%12CO)O[C@@H]%11CO)O[C@@H]%10CO)O[C@@H]9CO)O[C@@H]8CO)O[C@@H]7CO)O[C@@H]6CO)O[C@@H]3CO)O[C@@H]2CO)[C@H](O)[C@@H](O)[C@H]1O. The average Bonchev–Trinajstić information content (AvgIpc) is 1.00. The quantitative estimate of drug-likeness (QED) is 0.0643. The van der Waals surface area contributed by atoms with Crippen LogP contribution in [0.15, 0.2) is 0 Å². The van der Waals surface area contributed by atoms with Crippen LogP contribution in [0.4, 0.5) is 0 Å². The summed E-state index contributed by atoms with van der Waals surface area (Å²) in [6, 6.07) is 0. The summed E-state index contributed by atoms with van der Waals surface area (Å²) in [6.45, 7) is -12.6. The molecule has 0 amide bonds. The highest BCUT2D eigenvalue weighted by molar-refractivity contribution is 5.05. The molecule has 33 saturated heterocycles. The Labute approximate surface area is 681 Å². The molecule has 0 aromatic heterocycles. The molecule has 33 aliphatic heterocycles. The first kappa shape index (κ1) is 97.8. The molecule has 33 fully saturated rings. The van der Waals surface area contributed by atoms with E-state index in [1.165, 1.54) is 0 Å². The minimum absolute atomic E-state index is 0.909. The van der Waals surface area contributed by atoms with E-state index in [0.717, 1.165) is 0 Å². The third kappa shape index (κ3) is 19.8. The van der Waals surface area contributed by atoms with E-state index in [1.807, 2.05) is 0 Å². The van der Waals surface area contributed by atoms with Gasteiger partial charge in [-0.1, -0.05) is 0 Å². The van der Waals surface area contributed by atoms with Gasteiger partial charge >= 0.3 is 0 Å². The van der Waals surface area contributed by atoms with Gasteiger partial charge in [0.1, 0.15) is 269 Å². The monoisotopic (exact) mass is 1780 g/mol. The van der Waals surface area contributed by atoms with Crippen LogP contribution in [-0.4, -0.2) is 579 Å². The van der Waals surface area contributed by atoms with Gasteiger partial charge in [0.15, 0.2) is 69.2 Å². The molecule has 0 aliphatic carbocycles. The van der Waals surface area contributed by atoms with Crippen molar-refractivity contribution < 1.29 is 273 Å². The smallest absolute Gasteiger partial charge is 0.187 e. The lowest BCUT2D eigenvalue weighted by Gasteiger charge is -2.51. The second kappa shape index (κ2) is 41.9. The van der Waals surface area contributed by atoms with E-state index in [0.29, 0.717) is 0 Å². The Kier molecular flexibility index (Phi) is 33.9. The van der Waals surface area contributed by atoms with Crippen molar-refractivity contribution in [2.24, 2.45) is 0 Å². The van der Waals surface area contributed by atoms with E-state index in [2.05, 4.69) is 0 Å². The van der Waals surface area contributed by atoms with Gasteiger partial charge in [-0.2, -0.15) is 0 Å². The maximum Gasteiger partial charge on any atom is 0.187 e. The Bertz CT molecular complexity index is 3120. The van der Waals surface area contributed by atoms with Crippen molar-refractivity contribution in [3.8, 4) is 0 Å². The lowest BCUT2D eigenvalue weighted by atomic mass is 9.94. The highest BCUT2D eigenvalue weighted by atomic mass is 16.8. The number of rotatable bonds is 17. The van der Waals surface area contributed by atoms with Gasteiger partial charge in [-0.25, -0.2) is 0 Å². The zero-order chi connectivity index (χ0) is 88.1. The minimum Gasteiger partial charge on any atom is -0.394 e. The lowest BCUT2D eigenvalue weighted by molar-refractivity contribution is -0.405. The molecule has 704 valence electrons. The zero-order valence-electron chi connectivity index (χ0n) is 63.3. The van der Waals surface area contributed by atoms with Crippen LogP contribution in [0.5, 0.6) is 0 Å². The highest BCUT2D eigenvalue weighted by Crippen LogP contribution is 2.42. The molecule has 55 atom stereocenters. The van der Waals surface area contributed by atoms with Crippen molar-refractivity contribution in [3.63, 3.8) is 0 Å². The topological polar surface area (TPSA) is 871 Å². The van der Waals surface area contributed by atoms with Crippen LogP contribution < -0.4 is 0 Å². The molecule has 33 heterocycles. The Morgan fingerprint density at radius 1 is 0.149 bits per heavy atom. The van der Waals surface area contributed by atoms with Gasteiger partial charge in [-0.3, -0.25) is 0 Å². The number of hydrogen-bond donors (Lipinski definition) is 33. The zero-order valence-corrected chi connectivity index (χ0v) is 63.3. The van der Waals surface area contributed by atoms with Crippen molar-refractivity contribution >= 4 is 0 Å². The molecule has 121 heavy (non-hydrogen) atoms. The first-order valence-corrected chi connectivity index (χ1v) is 38.7. The third-order valence-corrected chi connectivity index (χ3v) is 23.2. The summed E-state index contributed by atoms with van der Waals surface area (Å²) in [6.07, 6.45) is -118. The van der Waals surface area contributed by atoms with E-state index in [1.54, 1.807) is 0 Å². The third-order valence-electron chi connectivity index (χ3n) is 23.2. The van der Waals surface area contributed by atoms with E-state index in [-0.39, 0.29) is 0 Å². The predicted octanol–water partition coefficient (Wildman–Crippen LogP) is -23.9. The Hall–Kier alpha value is -2.20. The number of hydrogen-bond acceptors (Lipinski definition) is 55. The van der Waals surface area contributed by atoms with E-state index in [4.69, 9.17) is 104 Å². The molecule has 0 aromatic rings. The van der Waals surface area contributed by atoms with Crippen molar-refractivity contribution in [2.45, 2.75) is 338 Å². The fraction of sp³-hybridized carbons (Fsp3) is 1.00. The maximum atomic E-state index is 12.2. The molecule has 33 rings (SSSR count). The second-order valence-corrected chi connectivity index (χ2v) is 30.9. The summed E-state index contributed by atoms with van der Waals surface area (Å²) < 4.78 is 127. The summed E-state index contributed by atoms with van der Waals surface area (Å²) in [7, 11) is 0. The maximum absolute atomic E-state index is 12.2. The molecule has 33 N–H and O–H groups in total. The summed E-state index contributed by atoms with van der Waals surface area (Å²) in [5.41, 5.74) is 0. The molecule has 55 nitrogen and oxygen atoms in total. The normalized spacial score (nSPS) is 55.1. The Morgan fingerprint density at radius 3 is 0.554 bits per heavy atom. The lowest BCUT2D eigenvalue weighted by Crippen LogP contribution is -2.69. The van der Waals surface area contributed by atoms with Gasteiger partial charge in [-0.15, -0.1) is 0 Å². The van der Waals surface area contributed by atoms with Gasteiger partial charge < -0.3 is 273 Å². The first-order valence-electron chi connectivity index (χ1n) is 38.7. The summed E-state index contributed by atoms with van der Waals surface area (Å²) >= 11 is 0. The molecular weight excluding hydrogens is 1670 g/mol. The molecule has 0 saturated carbocycles. The molecule has 55 heteroatoms. The summed E-state index contributed by atoms with van der Waals surface area (Å²) in [4.78, 5) is 0. The molecular formula is C66H110O55. The van der Waals surface area contributed by atoms with Gasteiger partial charge in [-0.05, 0) is 0 Å². The Morgan fingerprint density at radius 2 is 0.331 bits per heavy atom. The van der Waals surface area contributed by atoms with Crippen LogP contribution in [-0.2, 0) is 104 Å². The number of ether oxygens (including phenoxy) is 22. The van der Waals surface area contributed by atoms with Crippen LogP contribution in [0.25, 0.3) is 0 Å². The van der Waals surface area contributed by atoms with Gasteiger partial charge in [0.25, 0.3) is 0 Å². The molecule has 0 aromatic carbocycles. The van der Waals surface area contributed by atoms with Crippen LogP contribution in [0.2, 0.25) is 0 Å². The van der Waals surface area contributed by atoms with E-state index >= 15 is 0 Å². The van der Waals surface area contributed by atoms with Crippen molar-refractivity contribution in [1.29, 1.82) is 0 Å². The first-order chi connectivity index (χ1) is 57.6. The standard InChI is InChI=1S/C66H110O55/c67-1-12-23(77)24(78)35(89)57(101-12)112-47-14(3-69)103-58(37(91)26(47)80)113-46-13(2-68)102-56(36(90)25(46)79)100-11-22-55-34(88)45(99)66(111-22)120-54-21(10-76)109-64(43(97)32(54)86)118-52-19(8-74)107-62(41(95)30(52)84)116-50-17(6-72)105-60(39(93)28(50)82)114-48-15(4-70)104-59(38(92)27(48)81)115-49-16(5-71)106-61(40(94)29(49)83)117-51-18(7-73)108-63(42(96)31(51)85)119-53-20(9-75)110-65(121-55)44(98)33(53)87/h12-99H,1-11H2/t12-,13-,14-,15-,16-,17-,18-,19-,20-,21-,22-,23+,24+,25-,26-,27-,28-,29-,30-,31-,32-,33-,34-,35-,36-,37-,38-,39-,40-,41-,42-,43-,44-,45-,46-,47+,48-,49-,50-,51-,52-,53-,54-,55-,56-,57+,58+,59-,60-,61-,62-,63-,64-,65-,66-/m1/s1. The molecule has 0 unspecified atom stereocenters. The highest BCUT2D eigenvalue weighted by Gasteiger charge is 2.63. The number of aliphatic hydroxyl groups excluding tert-OH is 33. The summed E-state index contributed by atoms with van der Waals surface area (Å²) in [5.74, 6) is 0. The largest absolute Gasteiger partial charge is 0.394 e. The van der Waals surface area contributed by atoms with Crippen LogP contribution in [0.3, 0.4) is 0 Å². The number of aliphatic hydroxyl groups is 33. The average molecular weight is 1780 g/mol. The molecule has 0 radical (unpaired) electrons. The summed E-state index contributed by atoms with van der Waals surface area (Å²) in [5, 5.41) is 369. The van der Waals surface area contributed by atoms with Gasteiger partial charge in [0, 0.05) is 0 Å².